The topological polar surface area (TPSA) is 27.7 Å². The second kappa shape index (κ2) is 11.4. The summed E-state index contributed by atoms with van der Waals surface area (Å²) < 4.78 is 48.7. The summed E-state index contributed by atoms with van der Waals surface area (Å²) in [5.41, 5.74) is 0. The van der Waals surface area contributed by atoms with Crippen LogP contribution in [0.3, 0.4) is 0 Å². The average Bonchev–Trinajstić information content (AvgIpc) is 2.08. The molecule has 0 saturated heterocycles. The molecule has 0 aliphatic carbocycles. The van der Waals surface area contributed by atoms with Gasteiger partial charge in [0.05, 0.1) is 26.1 Å². The van der Waals surface area contributed by atoms with E-state index in [0.29, 0.717) is 13.2 Å². The molecule has 0 radical (unpaired) electrons. The van der Waals surface area contributed by atoms with Crippen molar-refractivity contribution < 1.29 is 78.5 Å². The third-order valence-corrected chi connectivity index (χ3v) is 1.14. The summed E-state index contributed by atoms with van der Waals surface area (Å²) in [5, 5.41) is 0. The normalized spacial score (nSPS) is 10.6. The van der Waals surface area contributed by atoms with Crippen molar-refractivity contribution >= 4 is 6.98 Å². The molecule has 0 aliphatic rings. The Labute approximate surface area is 130 Å². The van der Waals surface area contributed by atoms with Gasteiger partial charge in [0.1, 0.15) is 6.61 Å². The number of ether oxygens (including phenoxy) is 3. The molecule has 0 heterocycles. The summed E-state index contributed by atoms with van der Waals surface area (Å²) in [7, 11) is 0. The van der Waals surface area contributed by atoms with E-state index >= 15 is 0 Å². The zero-order valence-corrected chi connectivity index (χ0v) is 11.9. The van der Waals surface area contributed by atoms with Gasteiger partial charge in [-0.3, -0.25) is 0 Å². The average molecular weight is 252 g/mol. The molecule has 0 aliphatic heterocycles. The maximum atomic E-state index is 11.6. The van der Waals surface area contributed by atoms with Gasteiger partial charge in [0, 0.05) is 6.51 Å². The van der Waals surface area contributed by atoms with E-state index in [1.165, 1.54) is 6.26 Å². The summed E-state index contributed by atoms with van der Waals surface area (Å²) >= 11 is 0. The molecule has 15 heavy (non-hydrogen) atoms. The van der Waals surface area contributed by atoms with Crippen molar-refractivity contribution in [3.63, 3.8) is 0 Å². The maximum absolute atomic E-state index is 11.6. The van der Waals surface area contributed by atoms with Gasteiger partial charge in [-0.1, -0.05) is 6.58 Å². The molecule has 0 atom stereocenters. The van der Waals surface area contributed by atoms with Crippen LogP contribution in [0, 0.1) is 0 Å². The quantitative estimate of drug-likeness (QED) is 0.286. The molecule has 84 valence electrons. The van der Waals surface area contributed by atoms with Gasteiger partial charge >= 0.3 is 58.4 Å². The summed E-state index contributed by atoms with van der Waals surface area (Å²) in [6, 6.07) is 0. The first-order valence-electron chi connectivity index (χ1n) is 4.15. The van der Waals surface area contributed by atoms with Crippen molar-refractivity contribution in [2.24, 2.45) is 0 Å². The Hall–Kier alpha value is 0.951. The fourth-order valence-electron chi connectivity index (χ4n) is 0.627. The molecule has 0 aromatic heterocycles. The van der Waals surface area contributed by atoms with E-state index in [1.807, 2.05) is 0 Å². The fraction of sp³-hybridized carbons (Fsp3) is 0.714. The molecular formula is C7H13BF3KO3. The smallest absolute Gasteiger partial charge is 0.499 e. The van der Waals surface area contributed by atoms with Crippen molar-refractivity contribution in [2.75, 3.05) is 32.9 Å². The minimum Gasteiger partial charge on any atom is -0.499 e. The van der Waals surface area contributed by atoms with Crippen molar-refractivity contribution in [1.82, 2.24) is 0 Å². The van der Waals surface area contributed by atoms with Crippen LogP contribution in [0.25, 0.3) is 0 Å². The predicted octanol–water partition coefficient (Wildman–Crippen LogP) is -1.43. The predicted molar refractivity (Wildman–Crippen MR) is 46.9 cm³/mol. The molecular weight excluding hydrogens is 239 g/mol. The van der Waals surface area contributed by atoms with Gasteiger partial charge in [-0.05, 0) is 0 Å². The van der Waals surface area contributed by atoms with Gasteiger partial charge in [0.15, 0.2) is 0 Å². The van der Waals surface area contributed by atoms with E-state index in [2.05, 4.69) is 11.3 Å². The Balaban J connectivity index is 0. The van der Waals surface area contributed by atoms with Crippen molar-refractivity contribution in [3.8, 4) is 0 Å². The molecule has 0 aromatic carbocycles. The van der Waals surface area contributed by atoms with Crippen LogP contribution >= 0.6 is 0 Å². The minimum atomic E-state index is -4.85. The van der Waals surface area contributed by atoms with Crippen molar-refractivity contribution in [2.45, 2.75) is 0 Å². The fourth-order valence-corrected chi connectivity index (χ4v) is 0.627. The van der Waals surface area contributed by atoms with Gasteiger partial charge < -0.3 is 27.2 Å². The molecule has 0 saturated carbocycles. The van der Waals surface area contributed by atoms with E-state index in [1.54, 1.807) is 0 Å². The van der Waals surface area contributed by atoms with Crippen molar-refractivity contribution in [1.29, 1.82) is 0 Å². The number of rotatable bonds is 9. The molecule has 3 nitrogen and oxygen atoms in total. The van der Waals surface area contributed by atoms with Crippen LogP contribution < -0.4 is 51.4 Å². The Morgan fingerprint density at radius 2 is 1.53 bits per heavy atom. The Morgan fingerprint density at radius 1 is 1.00 bits per heavy atom. The first-order valence-corrected chi connectivity index (χ1v) is 4.15. The Kier molecular flexibility index (Phi) is 14.0. The van der Waals surface area contributed by atoms with Crippen LogP contribution in [0.4, 0.5) is 12.9 Å². The molecule has 0 fully saturated rings. The maximum Gasteiger partial charge on any atom is 1.00 e. The molecule has 0 amide bonds. The van der Waals surface area contributed by atoms with E-state index in [9.17, 15) is 12.9 Å². The number of hydrogen-bond donors (Lipinski definition) is 0. The largest absolute Gasteiger partial charge is 1.00 e. The molecule has 0 aromatic rings. The summed E-state index contributed by atoms with van der Waals surface area (Å²) in [6.07, 6.45) is 1.27. The third-order valence-electron chi connectivity index (χ3n) is 1.14. The zero-order chi connectivity index (χ0) is 10.9. The second-order valence-electron chi connectivity index (χ2n) is 2.44. The minimum absolute atomic E-state index is 0. The van der Waals surface area contributed by atoms with Crippen LogP contribution in [0.15, 0.2) is 12.8 Å². The molecule has 0 unspecified atom stereocenters. The molecule has 0 N–H and O–H groups in total. The molecule has 0 spiro atoms. The van der Waals surface area contributed by atoms with Gasteiger partial charge in [-0.25, -0.2) is 0 Å². The Bertz CT molecular complexity index is 157. The van der Waals surface area contributed by atoms with E-state index in [0.717, 1.165) is 0 Å². The first-order chi connectivity index (χ1) is 6.56. The molecule has 8 heteroatoms. The van der Waals surface area contributed by atoms with Crippen LogP contribution in [-0.2, 0) is 14.2 Å². The number of hydrogen-bond acceptors (Lipinski definition) is 3. The van der Waals surface area contributed by atoms with E-state index < -0.39 is 13.5 Å². The summed E-state index contributed by atoms with van der Waals surface area (Å²) in [5.74, 6) is 0. The standard InChI is InChI=1S/C7H13BF3O3.K/c1-2-12-3-4-13-5-6-14-7-8(9,10)11;/h2H,1,3-7H2;/q-1;+1. The van der Waals surface area contributed by atoms with Crippen LogP contribution in [-0.4, -0.2) is 39.9 Å². The van der Waals surface area contributed by atoms with Crippen LogP contribution in [0.2, 0.25) is 0 Å². The SMILES string of the molecule is C=COCCOCCOC[B-](F)(F)F.[K+]. The van der Waals surface area contributed by atoms with Crippen LogP contribution in [0.5, 0.6) is 0 Å². The summed E-state index contributed by atoms with van der Waals surface area (Å²) in [4.78, 5) is 0. The molecule has 0 rings (SSSR count). The third kappa shape index (κ3) is 17.6. The second-order valence-corrected chi connectivity index (χ2v) is 2.44. The summed E-state index contributed by atoms with van der Waals surface area (Å²) in [6.45, 7) is -1.99. The zero-order valence-electron chi connectivity index (χ0n) is 8.76. The Morgan fingerprint density at radius 3 is 2.07 bits per heavy atom. The molecule has 0 bridgehead atoms. The van der Waals surface area contributed by atoms with Gasteiger partial charge in [-0.2, -0.15) is 0 Å². The van der Waals surface area contributed by atoms with Gasteiger partial charge in [0.2, 0.25) is 0 Å². The van der Waals surface area contributed by atoms with Crippen molar-refractivity contribution in [3.05, 3.63) is 12.8 Å². The van der Waals surface area contributed by atoms with Crippen LogP contribution in [0.1, 0.15) is 0 Å². The number of halogens is 3. The van der Waals surface area contributed by atoms with Gasteiger partial charge in [0.25, 0.3) is 0 Å². The van der Waals surface area contributed by atoms with E-state index in [4.69, 9.17) is 9.47 Å². The first kappa shape index (κ1) is 18.3. The van der Waals surface area contributed by atoms with Gasteiger partial charge in [-0.15, -0.1) is 0 Å². The van der Waals surface area contributed by atoms with E-state index in [-0.39, 0.29) is 64.6 Å². The monoisotopic (exact) mass is 252 g/mol.